The molecule has 2 rings (SSSR count). The van der Waals surface area contributed by atoms with Crippen molar-refractivity contribution in [1.82, 2.24) is 10.2 Å². The zero-order chi connectivity index (χ0) is 14.0. The van der Waals surface area contributed by atoms with Crippen molar-refractivity contribution < 1.29 is 14.3 Å². The highest BCUT2D eigenvalue weighted by Gasteiger charge is 2.44. The van der Waals surface area contributed by atoms with Gasteiger partial charge in [0, 0.05) is 6.61 Å². The molecule has 2 amide bonds. The maximum atomic E-state index is 12.6. The monoisotopic (exact) mass is 268 g/mol. The molecule has 2 aliphatic rings. The summed E-state index contributed by atoms with van der Waals surface area (Å²) in [5.41, 5.74) is 0. The van der Waals surface area contributed by atoms with Crippen molar-refractivity contribution in [3.63, 3.8) is 0 Å². The number of ether oxygens (including phenoxy) is 1. The van der Waals surface area contributed by atoms with E-state index in [4.69, 9.17) is 4.74 Å². The third-order valence-corrected chi connectivity index (χ3v) is 4.04. The summed E-state index contributed by atoms with van der Waals surface area (Å²) in [7, 11) is 0. The average Bonchev–Trinajstić information content (AvgIpc) is 2.41. The molecule has 3 atom stereocenters. The molecule has 0 aliphatic carbocycles. The van der Waals surface area contributed by atoms with Gasteiger partial charge in [0.1, 0.15) is 12.1 Å². The predicted octanol–water partition coefficient (Wildman–Crippen LogP) is 0.927. The third kappa shape index (κ3) is 2.76. The first-order chi connectivity index (χ1) is 9.06. The van der Waals surface area contributed by atoms with Gasteiger partial charge in [0.25, 0.3) is 0 Å². The van der Waals surface area contributed by atoms with Crippen LogP contribution in [0.5, 0.6) is 0 Å². The Morgan fingerprint density at radius 2 is 2.16 bits per heavy atom. The van der Waals surface area contributed by atoms with Gasteiger partial charge in [-0.15, -0.1) is 0 Å². The highest BCUT2D eigenvalue weighted by Crippen LogP contribution is 2.24. The van der Waals surface area contributed by atoms with Crippen molar-refractivity contribution in [3.05, 3.63) is 0 Å². The Balaban J connectivity index is 2.22. The molecular formula is C14H24N2O3. The van der Waals surface area contributed by atoms with Crippen molar-refractivity contribution in [3.8, 4) is 0 Å². The molecule has 1 N–H and O–H groups in total. The number of rotatable bonds is 3. The fourth-order valence-electron chi connectivity index (χ4n) is 2.96. The first kappa shape index (κ1) is 14.3. The average molecular weight is 268 g/mol. The van der Waals surface area contributed by atoms with Gasteiger partial charge in [0.2, 0.25) is 11.8 Å². The van der Waals surface area contributed by atoms with Crippen LogP contribution in [0, 0.1) is 5.92 Å². The normalized spacial score (nSPS) is 32.6. The molecule has 0 saturated carbocycles. The second-order valence-electron chi connectivity index (χ2n) is 5.77. The summed E-state index contributed by atoms with van der Waals surface area (Å²) in [6.45, 7) is 7.19. The van der Waals surface area contributed by atoms with Crippen LogP contribution in [-0.4, -0.2) is 48.1 Å². The molecule has 0 aromatic rings. The van der Waals surface area contributed by atoms with Crippen LogP contribution in [-0.2, 0) is 14.3 Å². The molecule has 0 aromatic carbocycles. The number of carbonyl (C=O) groups is 2. The molecular weight excluding hydrogens is 244 g/mol. The first-order valence-corrected chi connectivity index (χ1v) is 7.26. The molecule has 5 nitrogen and oxygen atoms in total. The van der Waals surface area contributed by atoms with Gasteiger partial charge in [-0.3, -0.25) is 9.59 Å². The molecule has 5 heteroatoms. The Morgan fingerprint density at radius 3 is 2.68 bits per heavy atom. The zero-order valence-corrected chi connectivity index (χ0v) is 12.0. The van der Waals surface area contributed by atoms with E-state index in [0.29, 0.717) is 13.0 Å². The van der Waals surface area contributed by atoms with Crippen LogP contribution in [0.4, 0.5) is 0 Å². The first-order valence-electron chi connectivity index (χ1n) is 7.26. The van der Waals surface area contributed by atoms with E-state index in [9.17, 15) is 9.59 Å². The number of nitrogens with one attached hydrogen (secondary N) is 1. The van der Waals surface area contributed by atoms with Crippen molar-refractivity contribution in [2.24, 2.45) is 5.92 Å². The molecule has 0 aromatic heterocycles. The second kappa shape index (κ2) is 5.90. The molecule has 2 fully saturated rings. The topological polar surface area (TPSA) is 58.6 Å². The Morgan fingerprint density at radius 1 is 1.42 bits per heavy atom. The maximum absolute atomic E-state index is 12.6. The standard InChI is InChI=1S/C14H24N2O3/c1-4-11-13(17)15-12(9(2)3)14(18)16(11)10-6-5-7-19-8-10/h9-12H,4-8H2,1-3H3,(H,15,17). The number of hydrogen-bond donors (Lipinski definition) is 1. The Labute approximate surface area is 114 Å². The minimum atomic E-state index is -0.391. The van der Waals surface area contributed by atoms with Gasteiger partial charge in [-0.2, -0.15) is 0 Å². The predicted molar refractivity (Wildman–Crippen MR) is 71.5 cm³/mol. The van der Waals surface area contributed by atoms with Gasteiger partial charge in [0.15, 0.2) is 0 Å². The lowest BCUT2D eigenvalue weighted by atomic mass is 9.94. The summed E-state index contributed by atoms with van der Waals surface area (Å²) in [6, 6.07) is -0.676. The lowest BCUT2D eigenvalue weighted by Crippen LogP contribution is -2.67. The Kier molecular flexibility index (Phi) is 4.45. The third-order valence-electron chi connectivity index (χ3n) is 4.04. The molecule has 0 bridgehead atoms. The Bertz CT molecular complexity index is 351. The summed E-state index contributed by atoms with van der Waals surface area (Å²) in [5, 5.41) is 2.86. The largest absolute Gasteiger partial charge is 0.379 e. The molecule has 108 valence electrons. The quantitative estimate of drug-likeness (QED) is 0.828. The molecule has 0 radical (unpaired) electrons. The van der Waals surface area contributed by atoms with E-state index in [1.807, 2.05) is 20.8 Å². The summed E-state index contributed by atoms with van der Waals surface area (Å²) in [5.74, 6) is 0.143. The molecule has 2 saturated heterocycles. The molecule has 0 spiro atoms. The SMILES string of the molecule is CCC1C(=O)NC(C(C)C)C(=O)N1C1CCCOC1. The van der Waals surface area contributed by atoms with Crippen molar-refractivity contribution in [2.75, 3.05) is 13.2 Å². The molecule has 19 heavy (non-hydrogen) atoms. The number of carbonyl (C=O) groups excluding carboxylic acids is 2. The molecule has 2 heterocycles. The fraction of sp³-hybridized carbons (Fsp3) is 0.857. The zero-order valence-electron chi connectivity index (χ0n) is 12.0. The summed E-state index contributed by atoms with van der Waals surface area (Å²) in [4.78, 5) is 26.6. The van der Waals surface area contributed by atoms with Crippen LogP contribution < -0.4 is 5.32 Å². The van der Waals surface area contributed by atoms with E-state index in [2.05, 4.69) is 5.32 Å². The maximum Gasteiger partial charge on any atom is 0.246 e. The van der Waals surface area contributed by atoms with E-state index >= 15 is 0 Å². The number of piperazine rings is 1. The summed E-state index contributed by atoms with van der Waals surface area (Å²) < 4.78 is 5.48. The lowest BCUT2D eigenvalue weighted by Gasteiger charge is -2.45. The van der Waals surface area contributed by atoms with Gasteiger partial charge in [-0.25, -0.2) is 0 Å². The number of amides is 2. The fourth-order valence-corrected chi connectivity index (χ4v) is 2.96. The van der Waals surface area contributed by atoms with E-state index in [-0.39, 0.29) is 29.8 Å². The van der Waals surface area contributed by atoms with Gasteiger partial charge < -0.3 is 15.0 Å². The van der Waals surface area contributed by atoms with Crippen molar-refractivity contribution >= 4 is 11.8 Å². The van der Waals surface area contributed by atoms with Crippen LogP contribution in [0.15, 0.2) is 0 Å². The van der Waals surface area contributed by atoms with Gasteiger partial charge in [0.05, 0.1) is 12.6 Å². The van der Waals surface area contributed by atoms with Crippen LogP contribution in [0.3, 0.4) is 0 Å². The number of hydrogen-bond acceptors (Lipinski definition) is 3. The van der Waals surface area contributed by atoms with Gasteiger partial charge in [-0.05, 0) is 25.2 Å². The smallest absolute Gasteiger partial charge is 0.246 e. The lowest BCUT2D eigenvalue weighted by molar-refractivity contribution is -0.156. The van der Waals surface area contributed by atoms with E-state index in [0.717, 1.165) is 19.4 Å². The molecule has 2 aliphatic heterocycles. The highest BCUT2D eigenvalue weighted by molar-refractivity contribution is 5.97. The van der Waals surface area contributed by atoms with Crippen molar-refractivity contribution in [2.45, 2.75) is 58.2 Å². The van der Waals surface area contributed by atoms with Crippen LogP contribution in [0.25, 0.3) is 0 Å². The van der Waals surface area contributed by atoms with E-state index in [1.54, 1.807) is 4.90 Å². The van der Waals surface area contributed by atoms with E-state index in [1.165, 1.54) is 0 Å². The highest BCUT2D eigenvalue weighted by atomic mass is 16.5. The molecule has 3 unspecified atom stereocenters. The minimum Gasteiger partial charge on any atom is -0.379 e. The van der Waals surface area contributed by atoms with Crippen LogP contribution >= 0.6 is 0 Å². The second-order valence-corrected chi connectivity index (χ2v) is 5.77. The van der Waals surface area contributed by atoms with E-state index < -0.39 is 6.04 Å². The Hall–Kier alpha value is -1.10. The van der Waals surface area contributed by atoms with Crippen LogP contribution in [0.2, 0.25) is 0 Å². The van der Waals surface area contributed by atoms with Crippen molar-refractivity contribution in [1.29, 1.82) is 0 Å². The minimum absolute atomic E-state index is 0.0219. The summed E-state index contributed by atoms with van der Waals surface area (Å²) >= 11 is 0. The van der Waals surface area contributed by atoms with Crippen LogP contribution in [0.1, 0.15) is 40.0 Å². The summed E-state index contributed by atoms with van der Waals surface area (Å²) in [6.07, 6.45) is 2.54. The van der Waals surface area contributed by atoms with Gasteiger partial charge in [-0.1, -0.05) is 20.8 Å². The number of nitrogens with zero attached hydrogens (tertiary/aromatic N) is 1. The van der Waals surface area contributed by atoms with Gasteiger partial charge >= 0.3 is 0 Å².